The van der Waals surface area contributed by atoms with E-state index in [1.165, 1.54) is 25.0 Å². The molecule has 0 aromatic heterocycles. The summed E-state index contributed by atoms with van der Waals surface area (Å²) in [7, 11) is -3.54. The second-order valence-corrected chi connectivity index (χ2v) is 9.35. The zero-order chi connectivity index (χ0) is 18.0. The number of carbonyl (C=O) groups is 1. The summed E-state index contributed by atoms with van der Waals surface area (Å²) in [4.78, 5) is 14.6. The molecule has 25 heavy (non-hydrogen) atoms. The summed E-state index contributed by atoms with van der Waals surface area (Å²) in [6.45, 7) is 6.79. The number of ketones is 1. The predicted molar refractivity (Wildman–Crippen MR) is 98.1 cm³/mol. The largest absolute Gasteiger partial charge is 0.299 e. The number of benzene rings is 1. The first-order chi connectivity index (χ1) is 11.9. The molecule has 6 heteroatoms. The van der Waals surface area contributed by atoms with Crippen molar-refractivity contribution in [3.05, 3.63) is 29.8 Å². The molecule has 1 aliphatic heterocycles. The van der Waals surface area contributed by atoms with Gasteiger partial charge in [0, 0.05) is 24.1 Å². The topological polar surface area (TPSA) is 66.5 Å². The van der Waals surface area contributed by atoms with Crippen LogP contribution >= 0.6 is 0 Å². The lowest BCUT2D eigenvalue weighted by atomic mass is 9.98. The van der Waals surface area contributed by atoms with Crippen molar-refractivity contribution in [2.24, 2.45) is 11.8 Å². The maximum Gasteiger partial charge on any atom is 0.240 e. The lowest BCUT2D eigenvalue weighted by Gasteiger charge is -2.34. The maximum absolute atomic E-state index is 12.5. The first-order valence-corrected chi connectivity index (χ1v) is 10.7. The van der Waals surface area contributed by atoms with Gasteiger partial charge in [-0.25, -0.2) is 13.1 Å². The molecular weight excluding hydrogens is 336 g/mol. The van der Waals surface area contributed by atoms with Crippen LogP contribution in [0.4, 0.5) is 0 Å². The molecule has 2 aliphatic rings. The van der Waals surface area contributed by atoms with Crippen LogP contribution in [0.15, 0.2) is 29.2 Å². The van der Waals surface area contributed by atoms with Gasteiger partial charge in [0.05, 0.1) is 4.90 Å². The van der Waals surface area contributed by atoms with Gasteiger partial charge in [-0.3, -0.25) is 9.69 Å². The fourth-order valence-electron chi connectivity index (χ4n) is 3.29. The smallest absolute Gasteiger partial charge is 0.240 e. The molecule has 1 aliphatic carbocycles. The van der Waals surface area contributed by atoms with Crippen LogP contribution in [0.1, 0.15) is 49.9 Å². The van der Waals surface area contributed by atoms with Crippen molar-refractivity contribution in [1.82, 2.24) is 9.62 Å². The average Bonchev–Trinajstić information content (AvgIpc) is 3.45. The van der Waals surface area contributed by atoms with Gasteiger partial charge in [0.1, 0.15) is 0 Å². The number of likely N-dealkylation sites (tertiary alicyclic amines) is 1. The SMILES string of the molecule is CC1CCN(C(C)CNS(=O)(=O)c2ccc(C(=O)C3CC3)cc2)CC1. The van der Waals surface area contributed by atoms with Crippen molar-refractivity contribution in [2.45, 2.75) is 50.5 Å². The summed E-state index contributed by atoms with van der Waals surface area (Å²) < 4.78 is 27.7. The van der Waals surface area contributed by atoms with Crippen molar-refractivity contribution in [3.63, 3.8) is 0 Å². The molecule has 1 aromatic rings. The Hall–Kier alpha value is -1.24. The Labute approximate surface area is 150 Å². The normalized spacial score (nSPS) is 21.2. The van der Waals surface area contributed by atoms with Crippen LogP contribution in [0.5, 0.6) is 0 Å². The van der Waals surface area contributed by atoms with Crippen molar-refractivity contribution in [3.8, 4) is 0 Å². The first-order valence-electron chi connectivity index (χ1n) is 9.25. The van der Waals surface area contributed by atoms with E-state index in [4.69, 9.17) is 0 Å². The molecule has 3 rings (SSSR count). The minimum atomic E-state index is -3.54. The molecular formula is C19H28N2O3S. The molecule has 1 unspecified atom stereocenters. The van der Waals surface area contributed by atoms with E-state index < -0.39 is 10.0 Å². The molecule has 5 nitrogen and oxygen atoms in total. The minimum absolute atomic E-state index is 0.129. The van der Waals surface area contributed by atoms with E-state index in [0.717, 1.165) is 31.8 Å². The molecule has 1 aromatic carbocycles. The summed E-state index contributed by atoms with van der Waals surface area (Å²) in [6, 6.07) is 6.50. The van der Waals surface area contributed by atoms with Gasteiger partial charge in [-0.1, -0.05) is 19.1 Å². The van der Waals surface area contributed by atoms with Gasteiger partial charge in [0.25, 0.3) is 0 Å². The van der Waals surface area contributed by atoms with Crippen molar-refractivity contribution < 1.29 is 13.2 Å². The zero-order valence-electron chi connectivity index (χ0n) is 15.1. The van der Waals surface area contributed by atoms with E-state index >= 15 is 0 Å². The molecule has 0 spiro atoms. The highest BCUT2D eigenvalue weighted by Gasteiger charge is 2.30. The molecule has 138 valence electrons. The number of nitrogens with zero attached hydrogens (tertiary/aromatic N) is 1. The highest BCUT2D eigenvalue weighted by Crippen LogP contribution is 2.32. The number of rotatable bonds is 7. The highest BCUT2D eigenvalue weighted by atomic mass is 32.2. The van der Waals surface area contributed by atoms with Crippen molar-refractivity contribution >= 4 is 15.8 Å². The molecule has 1 saturated heterocycles. The van der Waals surface area contributed by atoms with E-state index in [1.807, 2.05) is 0 Å². The number of hydrogen-bond donors (Lipinski definition) is 1. The minimum Gasteiger partial charge on any atom is -0.299 e. The van der Waals surface area contributed by atoms with Crippen LogP contribution in [-0.2, 0) is 10.0 Å². The Morgan fingerprint density at radius 1 is 1.16 bits per heavy atom. The Bertz CT molecular complexity index is 703. The number of piperidine rings is 1. The fraction of sp³-hybridized carbons (Fsp3) is 0.632. The Kier molecular flexibility index (Phi) is 5.61. The van der Waals surface area contributed by atoms with Crippen LogP contribution in [0.25, 0.3) is 0 Å². The number of sulfonamides is 1. The third-order valence-corrected chi connectivity index (χ3v) is 6.85. The quantitative estimate of drug-likeness (QED) is 0.756. The van der Waals surface area contributed by atoms with Gasteiger partial charge in [0.15, 0.2) is 5.78 Å². The zero-order valence-corrected chi connectivity index (χ0v) is 15.9. The molecule has 0 radical (unpaired) electrons. The van der Waals surface area contributed by atoms with Crippen LogP contribution in [-0.4, -0.2) is 44.8 Å². The van der Waals surface area contributed by atoms with E-state index in [2.05, 4.69) is 23.5 Å². The number of carbonyl (C=O) groups excluding carboxylic acids is 1. The van der Waals surface area contributed by atoms with Gasteiger partial charge < -0.3 is 0 Å². The highest BCUT2D eigenvalue weighted by molar-refractivity contribution is 7.89. The standard InChI is InChI=1S/C19H28N2O3S/c1-14-9-11-21(12-10-14)15(2)13-20-25(23,24)18-7-5-17(6-8-18)19(22)16-3-4-16/h5-8,14-16,20H,3-4,9-13H2,1-2H3. The lowest BCUT2D eigenvalue weighted by Crippen LogP contribution is -2.45. The Morgan fingerprint density at radius 3 is 2.32 bits per heavy atom. The van der Waals surface area contributed by atoms with Crippen LogP contribution in [0, 0.1) is 11.8 Å². The molecule has 1 saturated carbocycles. The van der Waals surface area contributed by atoms with Crippen LogP contribution in [0.2, 0.25) is 0 Å². The second-order valence-electron chi connectivity index (χ2n) is 7.58. The van der Waals surface area contributed by atoms with E-state index in [-0.39, 0.29) is 22.6 Å². The first kappa shape index (κ1) is 18.5. The third kappa shape index (κ3) is 4.68. The maximum atomic E-state index is 12.5. The molecule has 2 fully saturated rings. The van der Waals surface area contributed by atoms with E-state index in [9.17, 15) is 13.2 Å². The summed E-state index contributed by atoms with van der Waals surface area (Å²) in [5, 5.41) is 0. The van der Waals surface area contributed by atoms with Crippen molar-refractivity contribution in [2.75, 3.05) is 19.6 Å². The van der Waals surface area contributed by atoms with E-state index in [1.54, 1.807) is 12.1 Å². The van der Waals surface area contributed by atoms with E-state index in [0.29, 0.717) is 12.1 Å². The Balaban J connectivity index is 1.56. The van der Waals surface area contributed by atoms with Gasteiger partial charge in [0.2, 0.25) is 10.0 Å². The third-order valence-electron chi connectivity index (χ3n) is 5.41. The van der Waals surface area contributed by atoms with Gasteiger partial charge in [-0.05, 0) is 63.7 Å². The lowest BCUT2D eigenvalue weighted by molar-refractivity contribution is 0.0967. The number of nitrogens with one attached hydrogen (secondary N) is 1. The Morgan fingerprint density at radius 2 is 1.76 bits per heavy atom. The number of hydrogen-bond acceptors (Lipinski definition) is 4. The summed E-state index contributed by atoms with van der Waals surface area (Å²) in [5.74, 6) is 1.04. The molecule has 1 heterocycles. The molecule has 1 N–H and O–H groups in total. The molecule has 0 amide bonds. The fourth-order valence-corrected chi connectivity index (χ4v) is 4.41. The average molecular weight is 365 g/mol. The monoisotopic (exact) mass is 364 g/mol. The number of Topliss-reactive ketones (excluding diaryl/α,β-unsaturated/α-hetero) is 1. The van der Waals surface area contributed by atoms with Gasteiger partial charge >= 0.3 is 0 Å². The molecule has 1 atom stereocenters. The molecule has 0 bridgehead atoms. The van der Waals surface area contributed by atoms with Gasteiger partial charge in [-0.15, -0.1) is 0 Å². The second kappa shape index (κ2) is 7.56. The van der Waals surface area contributed by atoms with Crippen LogP contribution in [0.3, 0.4) is 0 Å². The van der Waals surface area contributed by atoms with Crippen molar-refractivity contribution in [1.29, 1.82) is 0 Å². The summed E-state index contributed by atoms with van der Waals surface area (Å²) in [5.41, 5.74) is 0.609. The van der Waals surface area contributed by atoms with Crippen LogP contribution < -0.4 is 4.72 Å². The van der Waals surface area contributed by atoms with Gasteiger partial charge in [-0.2, -0.15) is 0 Å². The predicted octanol–water partition coefficient (Wildman–Crippen LogP) is 2.68. The summed E-state index contributed by atoms with van der Waals surface area (Å²) in [6.07, 6.45) is 4.25. The summed E-state index contributed by atoms with van der Waals surface area (Å²) >= 11 is 0.